The van der Waals surface area contributed by atoms with Crippen molar-refractivity contribution < 1.29 is 9.53 Å². The normalized spacial score (nSPS) is 17.6. The van der Waals surface area contributed by atoms with E-state index < -0.39 is 0 Å². The van der Waals surface area contributed by atoms with Crippen molar-refractivity contribution in [2.45, 2.75) is 25.8 Å². The molecule has 3 heterocycles. The van der Waals surface area contributed by atoms with E-state index in [-0.39, 0.29) is 12.1 Å². The van der Waals surface area contributed by atoms with Gasteiger partial charge in [0.15, 0.2) is 5.65 Å². The molecule has 1 saturated heterocycles. The van der Waals surface area contributed by atoms with Gasteiger partial charge < -0.3 is 10.1 Å². The first-order valence-corrected chi connectivity index (χ1v) is 7.19. The number of rotatable bonds is 3. The fourth-order valence-corrected chi connectivity index (χ4v) is 2.56. The third-order valence-corrected chi connectivity index (χ3v) is 3.80. The highest BCUT2D eigenvalue weighted by molar-refractivity contribution is 5.87. The van der Waals surface area contributed by atoms with Gasteiger partial charge in [-0.15, -0.1) is 5.10 Å². The van der Waals surface area contributed by atoms with Crippen LogP contribution in [0.2, 0.25) is 0 Å². The van der Waals surface area contributed by atoms with Crippen molar-refractivity contribution in [3.63, 3.8) is 0 Å². The highest BCUT2D eigenvalue weighted by atomic mass is 16.5. The Bertz CT molecular complexity index is 588. The fourth-order valence-electron chi connectivity index (χ4n) is 2.56. The van der Waals surface area contributed by atoms with Gasteiger partial charge in [0.1, 0.15) is 0 Å². The smallest absolute Gasteiger partial charge is 0.321 e. The highest BCUT2D eigenvalue weighted by Gasteiger charge is 2.22. The average molecular weight is 289 g/mol. The van der Waals surface area contributed by atoms with E-state index in [4.69, 9.17) is 4.74 Å². The van der Waals surface area contributed by atoms with Gasteiger partial charge in [-0.25, -0.2) is 9.31 Å². The van der Waals surface area contributed by atoms with Crippen molar-refractivity contribution in [1.29, 1.82) is 0 Å². The Hall–Kier alpha value is -2.15. The molecule has 2 aromatic rings. The van der Waals surface area contributed by atoms with Gasteiger partial charge in [0, 0.05) is 25.5 Å². The summed E-state index contributed by atoms with van der Waals surface area (Å²) in [6.07, 6.45) is 3.75. The van der Waals surface area contributed by atoms with Crippen molar-refractivity contribution in [3.05, 3.63) is 24.4 Å². The third-order valence-electron chi connectivity index (χ3n) is 3.80. The van der Waals surface area contributed by atoms with Crippen molar-refractivity contribution in [2.24, 2.45) is 5.92 Å². The SMILES string of the molecule is C[C@H](NC(=O)Nc1nc2ccccn2n1)C1CCOCC1. The summed E-state index contributed by atoms with van der Waals surface area (Å²) in [6, 6.07) is 5.40. The summed E-state index contributed by atoms with van der Waals surface area (Å²) in [5.41, 5.74) is 0.699. The number of aromatic nitrogens is 3. The molecule has 2 N–H and O–H groups in total. The summed E-state index contributed by atoms with van der Waals surface area (Å²) in [5, 5.41) is 9.81. The van der Waals surface area contributed by atoms with E-state index in [2.05, 4.69) is 20.7 Å². The minimum absolute atomic E-state index is 0.103. The van der Waals surface area contributed by atoms with Crippen LogP contribution in [0.3, 0.4) is 0 Å². The number of amides is 2. The first-order chi connectivity index (χ1) is 10.2. The zero-order valence-corrected chi connectivity index (χ0v) is 12.0. The third kappa shape index (κ3) is 3.30. The molecule has 0 radical (unpaired) electrons. The van der Waals surface area contributed by atoms with Crippen LogP contribution >= 0.6 is 0 Å². The Morgan fingerprint density at radius 1 is 1.43 bits per heavy atom. The predicted molar refractivity (Wildman–Crippen MR) is 78.1 cm³/mol. The maximum atomic E-state index is 12.0. The molecule has 1 aliphatic rings. The first kappa shape index (κ1) is 13.8. The average Bonchev–Trinajstić information content (AvgIpc) is 2.90. The van der Waals surface area contributed by atoms with Gasteiger partial charge in [0.25, 0.3) is 5.95 Å². The van der Waals surface area contributed by atoms with Crippen molar-refractivity contribution in [2.75, 3.05) is 18.5 Å². The molecule has 1 atom stereocenters. The number of ether oxygens (including phenoxy) is 1. The zero-order valence-electron chi connectivity index (χ0n) is 12.0. The second kappa shape index (κ2) is 6.09. The van der Waals surface area contributed by atoms with Crippen LogP contribution in [-0.2, 0) is 4.74 Å². The van der Waals surface area contributed by atoms with Crippen molar-refractivity contribution in [3.8, 4) is 0 Å². The van der Waals surface area contributed by atoms with Crippen LogP contribution in [0.25, 0.3) is 5.65 Å². The maximum Gasteiger partial charge on any atom is 0.321 e. The van der Waals surface area contributed by atoms with Gasteiger partial charge >= 0.3 is 6.03 Å². The number of urea groups is 1. The van der Waals surface area contributed by atoms with Crippen LogP contribution in [0.15, 0.2) is 24.4 Å². The number of hydrogen-bond acceptors (Lipinski definition) is 4. The largest absolute Gasteiger partial charge is 0.381 e. The fraction of sp³-hybridized carbons (Fsp3) is 0.500. The molecule has 2 aromatic heterocycles. The van der Waals surface area contributed by atoms with Crippen molar-refractivity contribution >= 4 is 17.6 Å². The molecular weight excluding hydrogens is 270 g/mol. The molecular formula is C14H19N5O2. The van der Waals surface area contributed by atoms with Gasteiger partial charge in [-0.3, -0.25) is 5.32 Å². The molecule has 7 heteroatoms. The first-order valence-electron chi connectivity index (χ1n) is 7.19. The molecule has 0 aromatic carbocycles. The van der Waals surface area contributed by atoms with E-state index >= 15 is 0 Å². The van der Waals surface area contributed by atoms with Crippen LogP contribution in [0.4, 0.5) is 10.7 Å². The lowest BCUT2D eigenvalue weighted by molar-refractivity contribution is 0.0573. The molecule has 0 spiro atoms. The summed E-state index contributed by atoms with van der Waals surface area (Å²) in [7, 11) is 0. The van der Waals surface area contributed by atoms with E-state index in [0.717, 1.165) is 26.1 Å². The van der Waals surface area contributed by atoms with Gasteiger partial charge in [-0.2, -0.15) is 4.98 Å². The van der Waals surface area contributed by atoms with Crippen molar-refractivity contribution in [1.82, 2.24) is 19.9 Å². The van der Waals surface area contributed by atoms with Crippen LogP contribution in [-0.4, -0.2) is 39.9 Å². The number of nitrogens with zero attached hydrogens (tertiary/aromatic N) is 3. The number of carbonyl (C=O) groups excluding carboxylic acids is 1. The molecule has 7 nitrogen and oxygen atoms in total. The lowest BCUT2D eigenvalue weighted by Gasteiger charge is -2.28. The molecule has 0 bridgehead atoms. The zero-order chi connectivity index (χ0) is 14.7. The maximum absolute atomic E-state index is 12.0. The molecule has 0 aliphatic carbocycles. The van der Waals surface area contributed by atoms with Crippen LogP contribution in [0.5, 0.6) is 0 Å². The van der Waals surface area contributed by atoms with Gasteiger partial charge in [0.2, 0.25) is 0 Å². The molecule has 0 unspecified atom stereocenters. The minimum atomic E-state index is -0.273. The summed E-state index contributed by atoms with van der Waals surface area (Å²) in [6.45, 7) is 3.56. The summed E-state index contributed by atoms with van der Waals surface area (Å²) in [4.78, 5) is 16.2. The van der Waals surface area contributed by atoms with E-state index in [1.807, 2.05) is 25.1 Å². The molecule has 2 amide bonds. The number of hydrogen-bond donors (Lipinski definition) is 2. The number of anilines is 1. The quantitative estimate of drug-likeness (QED) is 0.900. The molecule has 1 fully saturated rings. The number of fused-ring (bicyclic) bond motifs is 1. The Labute approximate surface area is 122 Å². The van der Waals surface area contributed by atoms with Gasteiger partial charge in [-0.1, -0.05) is 6.07 Å². The van der Waals surface area contributed by atoms with E-state index in [1.54, 1.807) is 10.7 Å². The lowest BCUT2D eigenvalue weighted by Crippen LogP contribution is -2.42. The lowest BCUT2D eigenvalue weighted by atomic mass is 9.93. The Kier molecular flexibility index (Phi) is 4.01. The summed E-state index contributed by atoms with van der Waals surface area (Å²) in [5.74, 6) is 0.761. The second-order valence-electron chi connectivity index (χ2n) is 5.28. The number of pyridine rings is 1. The van der Waals surface area contributed by atoms with Crippen LogP contribution in [0, 0.1) is 5.92 Å². The van der Waals surface area contributed by atoms with Gasteiger partial charge in [0.05, 0.1) is 0 Å². The second-order valence-corrected chi connectivity index (χ2v) is 5.28. The monoisotopic (exact) mass is 289 g/mol. The molecule has 0 saturated carbocycles. The van der Waals surface area contributed by atoms with Gasteiger partial charge in [-0.05, 0) is 37.8 Å². The topological polar surface area (TPSA) is 80.6 Å². The highest BCUT2D eigenvalue weighted by Crippen LogP contribution is 2.18. The van der Waals surface area contributed by atoms with E-state index in [0.29, 0.717) is 17.5 Å². The van der Waals surface area contributed by atoms with Crippen LogP contribution in [0.1, 0.15) is 19.8 Å². The molecule has 21 heavy (non-hydrogen) atoms. The van der Waals surface area contributed by atoms with E-state index in [9.17, 15) is 4.79 Å². The predicted octanol–water partition coefficient (Wildman–Crippen LogP) is 1.67. The minimum Gasteiger partial charge on any atom is -0.381 e. The summed E-state index contributed by atoms with van der Waals surface area (Å²) < 4.78 is 6.96. The molecule has 1 aliphatic heterocycles. The standard InChI is InChI=1S/C14H19N5O2/c1-10(11-5-8-21-9-6-11)15-14(20)17-13-16-12-4-2-3-7-19(12)18-13/h2-4,7,10-11H,5-6,8-9H2,1H3,(H2,15,17,18,20)/t10-/m0/s1. The van der Waals surface area contributed by atoms with Crippen LogP contribution < -0.4 is 10.6 Å². The van der Waals surface area contributed by atoms with E-state index in [1.165, 1.54) is 0 Å². The Morgan fingerprint density at radius 2 is 2.24 bits per heavy atom. The summed E-state index contributed by atoms with van der Waals surface area (Å²) >= 11 is 0. The Balaban J connectivity index is 1.58. The number of nitrogens with one attached hydrogen (secondary N) is 2. The number of carbonyl (C=O) groups is 1. The molecule has 3 rings (SSSR count). The Morgan fingerprint density at radius 3 is 3.00 bits per heavy atom. The molecule has 112 valence electrons.